The number of carbonyl (C=O) groups excluding carboxylic acids is 3. The summed E-state index contributed by atoms with van der Waals surface area (Å²) >= 11 is 0. The number of nitrogens with one attached hydrogen (secondary N) is 2. The molecule has 1 saturated heterocycles. The van der Waals surface area contributed by atoms with Gasteiger partial charge in [-0.15, -0.1) is 0 Å². The lowest BCUT2D eigenvalue weighted by atomic mass is 10.1. The van der Waals surface area contributed by atoms with Crippen LogP contribution in [-0.2, 0) is 9.59 Å². The standard InChI is InChI=1S/C19H24N6O3/c1-19(2)17(27)25(18(28)22-19)12-9-16(26)23-21-13-14-5-7-15(8-6-14)24(3)11-4-10-20/h5-8,13H,4,9,11-12H2,1-3H3,(H,22,28)(H,23,26)/b21-13-. The molecule has 0 radical (unpaired) electrons. The first-order chi connectivity index (χ1) is 13.2. The fourth-order valence-electron chi connectivity index (χ4n) is 2.63. The fraction of sp³-hybridized carbons (Fsp3) is 0.421. The topological polar surface area (TPSA) is 118 Å². The minimum absolute atomic E-state index is 0.000815. The van der Waals surface area contributed by atoms with Gasteiger partial charge in [0.1, 0.15) is 5.54 Å². The third-order valence-electron chi connectivity index (χ3n) is 4.30. The summed E-state index contributed by atoms with van der Waals surface area (Å²) in [5, 5.41) is 15.1. The molecule has 1 aliphatic heterocycles. The Bertz CT molecular complexity index is 810. The van der Waals surface area contributed by atoms with Crippen LogP contribution in [0.4, 0.5) is 10.5 Å². The molecule has 1 heterocycles. The minimum atomic E-state index is -0.944. The molecular formula is C19H24N6O3. The smallest absolute Gasteiger partial charge is 0.325 e. The first-order valence-electron chi connectivity index (χ1n) is 8.89. The predicted molar refractivity (Wildman–Crippen MR) is 105 cm³/mol. The molecule has 28 heavy (non-hydrogen) atoms. The van der Waals surface area contributed by atoms with Crippen LogP contribution in [0.5, 0.6) is 0 Å². The van der Waals surface area contributed by atoms with Gasteiger partial charge >= 0.3 is 6.03 Å². The molecule has 0 unspecified atom stereocenters. The lowest BCUT2D eigenvalue weighted by Crippen LogP contribution is -2.40. The van der Waals surface area contributed by atoms with E-state index in [2.05, 4.69) is 21.9 Å². The number of benzene rings is 1. The van der Waals surface area contributed by atoms with Gasteiger partial charge < -0.3 is 10.2 Å². The van der Waals surface area contributed by atoms with Crippen molar-refractivity contribution in [2.24, 2.45) is 5.10 Å². The van der Waals surface area contributed by atoms with Crippen LogP contribution < -0.4 is 15.6 Å². The first kappa shape index (κ1) is 20.9. The van der Waals surface area contributed by atoms with Crippen molar-refractivity contribution in [1.29, 1.82) is 5.26 Å². The fourth-order valence-corrected chi connectivity index (χ4v) is 2.63. The molecule has 0 atom stereocenters. The summed E-state index contributed by atoms with van der Waals surface area (Å²) in [7, 11) is 1.91. The van der Waals surface area contributed by atoms with E-state index >= 15 is 0 Å². The Morgan fingerprint density at radius 2 is 2.04 bits per heavy atom. The van der Waals surface area contributed by atoms with E-state index in [1.165, 1.54) is 6.21 Å². The van der Waals surface area contributed by atoms with Gasteiger partial charge in [0.05, 0.1) is 18.7 Å². The van der Waals surface area contributed by atoms with Crippen molar-refractivity contribution in [3.05, 3.63) is 29.8 Å². The second kappa shape index (κ2) is 8.99. The van der Waals surface area contributed by atoms with Crippen LogP contribution >= 0.6 is 0 Å². The molecule has 0 bridgehead atoms. The number of rotatable bonds is 8. The Morgan fingerprint density at radius 1 is 1.36 bits per heavy atom. The largest absolute Gasteiger partial charge is 0.374 e. The summed E-state index contributed by atoms with van der Waals surface area (Å²) in [5.41, 5.74) is 3.22. The van der Waals surface area contributed by atoms with Crippen LogP contribution in [0.1, 0.15) is 32.3 Å². The molecule has 1 fully saturated rings. The molecule has 0 aliphatic carbocycles. The molecule has 1 aliphatic rings. The molecule has 9 nitrogen and oxygen atoms in total. The van der Waals surface area contributed by atoms with Gasteiger partial charge in [0.25, 0.3) is 5.91 Å². The van der Waals surface area contributed by atoms with E-state index in [0.717, 1.165) is 16.2 Å². The second-order valence-electron chi connectivity index (χ2n) is 6.98. The molecular weight excluding hydrogens is 360 g/mol. The van der Waals surface area contributed by atoms with Crippen molar-refractivity contribution in [3.8, 4) is 6.07 Å². The predicted octanol–water partition coefficient (Wildman–Crippen LogP) is 1.21. The Hall–Kier alpha value is -3.41. The molecule has 148 valence electrons. The van der Waals surface area contributed by atoms with Crippen LogP contribution in [0.15, 0.2) is 29.4 Å². The number of amides is 4. The molecule has 2 rings (SSSR count). The molecule has 1 aromatic carbocycles. The number of nitriles is 1. The van der Waals surface area contributed by atoms with Gasteiger partial charge in [-0.2, -0.15) is 10.4 Å². The zero-order chi connectivity index (χ0) is 20.7. The number of anilines is 1. The van der Waals surface area contributed by atoms with Crippen LogP contribution in [0, 0.1) is 11.3 Å². The van der Waals surface area contributed by atoms with E-state index < -0.39 is 17.5 Å². The number of hydrazone groups is 1. The van der Waals surface area contributed by atoms with E-state index in [4.69, 9.17) is 5.26 Å². The van der Waals surface area contributed by atoms with Gasteiger partial charge in [-0.05, 0) is 31.5 Å². The number of carbonyl (C=O) groups is 3. The summed E-state index contributed by atoms with van der Waals surface area (Å²) in [6.07, 6.45) is 1.93. The zero-order valence-electron chi connectivity index (χ0n) is 16.2. The Kier molecular flexibility index (Phi) is 6.71. The number of nitrogens with zero attached hydrogens (tertiary/aromatic N) is 4. The van der Waals surface area contributed by atoms with Gasteiger partial charge in [-0.25, -0.2) is 10.2 Å². The average Bonchev–Trinajstić information content (AvgIpc) is 2.85. The van der Waals surface area contributed by atoms with Crippen LogP contribution in [0.3, 0.4) is 0 Å². The van der Waals surface area contributed by atoms with Crippen molar-refractivity contribution >= 4 is 29.7 Å². The Labute approximate surface area is 164 Å². The second-order valence-corrected chi connectivity index (χ2v) is 6.98. The van der Waals surface area contributed by atoms with Gasteiger partial charge in [0, 0.05) is 32.2 Å². The van der Waals surface area contributed by atoms with Crippen LogP contribution in [0.25, 0.3) is 0 Å². The number of hydrogen-bond acceptors (Lipinski definition) is 6. The van der Waals surface area contributed by atoms with Gasteiger partial charge in [-0.1, -0.05) is 12.1 Å². The quantitative estimate of drug-likeness (QED) is 0.397. The number of imide groups is 1. The molecule has 2 N–H and O–H groups in total. The van der Waals surface area contributed by atoms with E-state index in [9.17, 15) is 14.4 Å². The van der Waals surface area contributed by atoms with E-state index in [1.54, 1.807) is 13.8 Å². The highest BCUT2D eigenvalue weighted by Gasteiger charge is 2.43. The highest BCUT2D eigenvalue weighted by Crippen LogP contribution is 2.16. The van der Waals surface area contributed by atoms with Crippen molar-refractivity contribution in [1.82, 2.24) is 15.6 Å². The maximum Gasteiger partial charge on any atom is 0.325 e. The Morgan fingerprint density at radius 3 is 2.61 bits per heavy atom. The van der Waals surface area contributed by atoms with Gasteiger partial charge in [0.2, 0.25) is 5.91 Å². The monoisotopic (exact) mass is 384 g/mol. The summed E-state index contributed by atoms with van der Waals surface area (Å²) in [5.74, 6) is -0.747. The van der Waals surface area contributed by atoms with Crippen molar-refractivity contribution < 1.29 is 14.4 Å². The maximum atomic E-state index is 12.0. The number of hydrogen-bond donors (Lipinski definition) is 2. The summed E-state index contributed by atoms with van der Waals surface area (Å²) in [4.78, 5) is 38.7. The molecule has 0 spiro atoms. The average molecular weight is 384 g/mol. The molecule has 4 amide bonds. The molecule has 9 heteroatoms. The van der Waals surface area contributed by atoms with Crippen LogP contribution in [-0.4, -0.2) is 54.6 Å². The zero-order valence-corrected chi connectivity index (χ0v) is 16.2. The summed E-state index contributed by atoms with van der Waals surface area (Å²) in [6.45, 7) is 3.88. The van der Waals surface area contributed by atoms with Crippen molar-refractivity contribution in [2.45, 2.75) is 32.2 Å². The highest BCUT2D eigenvalue weighted by molar-refractivity contribution is 6.06. The van der Waals surface area contributed by atoms with Crippen molar-refractivity contribution in [2.75, 3.05) is 25.0 Å². The van der Waals surface area contributed by atoms with Crippen molar-refractivity contribution in [3.63, 3.8) is 0 Å². The lowest BCUT2D eigenvalue weighted by molar-refractivity contribution is -0.130. The minimum Gasteiger partial charge on any atom is -0.374 e. The van der Waals surface area contributed by atoms with E-state index in [-0.39, 0.29) is 18.9 Å². The maximum absolute atomic E-state index is 12.0. The Balaban J connectivity index is 1.79. The third-order valence-corrected chi connectivity index (χ3v) is 4.30. The van der Waals surface area contributed by atoms with Gasteiger partial charge in [-0.3, -0.25) is 14.5 Å². The van der Waals surface area contributed by atoms with Gasteiger partial charge in [0.15, 0.2) is 0 Å². The molecule has 0 aromatic heterocycles. The SMILES string of the molecule is CN(CCC#N)c1ccc(/C=N\NC(=O)CCN2C(=O)NC(C)(C)C2=O)cc1. The van der Waals surface area contributed by atoms with E-state index in [0.29, 0.717) is 13.0 Å². The first-order valence-corrected chi connectivity index (χ1v) is 8.89. The lowest BCUT2D eigenvalue weighted by Gasteiger charge is -2.17. The molecule has 0 saturated carbocycles. The van der Waals surface area contributed by atoms with Crippen LogP contribution in [0.2, 0.25) is 0 Å². The number of urea groups is 1. The van der Waals surface area contributed by atoms with E-state index in [1.807, 2.05) is 36.2 Å². The third kappa shape index (κ3) is 5.30. The summed E-state index contributed by atoms with van der Waals surface area (Å²) in [6, 6.07) is 9.12. The summed E-state index contributed by atoms with van der Waals surface area (Å²) < 4.78 is 0. The molecule has 1 aromatic rings. The normalized spacial score (nSPS) is 15.4. The highest BCUT2D eigenvalue weighted by atomic mass is 16.2.